The molecule has 2 rings (SSSR count). The molecule has 1 atom stereocenters. The summed E-state index contributed by atoms with van der Waals surface area (Å²) in [5, 5.41) is 3.24. The van der Waals surface area contributed by atoms with Crippen molar-refractivity contribution < 1.29 is 18.3 Å². The van der Waals surface area contributed by atoms with Crippen LogP contribution >= 0.6 is 0 Å². The lowest BCUT2D eigenvalue weighted by atomic mass is 10.1. The van der Waals surface area contributed by atoms with Gasteiger partial charge in [-0.2, -0.15) is 8.78 Å². The van der Waals surface area contributed by atoms with Gasteiger partial charge in [-0.25, -0.2) is 0 Å². The molecular formula is C13H16F2N2O2. The van der Waals surface area contributed by atoms with E-state index in [1.807, 2.05) is 6.92 Å². The van der Waals surface area contributed by atoms with E-state index >= 15 is 0 Å². The van der Waals surface area contributed by atoms with E-state index in [1.54, 1.807) is 11.0 Å². The van der Waals surface area contributed by atoms with E-state index in [1.165, 1.54) is 18.2 Å². The standard InChI is InChI=1S/C13H16F2N2O2/c1-9-8-17(6-5-16-9)12(18)10-3-2-4-11(7-10)19-13(14)15/h2-4,7,9,13,16H,5-6,8H2,1H3/t9-/m0/s1. The average Bonchev–Trinajstić information content (AvgIpc) is 2.37. The van der Waals surface area contributed by atoms with E-state index in [4.69, 9.17) is 0 Å². The van der Waals surface area contributed by atoms with Crippen LogP contribution in [0.15, 0.2) is 24.3 Å². The van der Waals surface area contributed by atoms with Gasteiger partial charge >= 0.3 is 6.61 Å². The Morgan fingerprint density at radius 2 is 2.32 bits per heavy atom. The first-order chi connectivity index (χ1) is 9.06. The maximum Gasteiger partial charge on any atom is 0.387 e. The van der Waals surface area contributed by atoms with Gasteiger partial charge in [-0.1, -0.05) is 6.07 Å². The van der Waals surface area contributed by atoms with Gasteiger partial charge < -0.3 is 15.0 Å². The molecule has 0 aromatic heterocycles. The van der Waals surface area contributed by atoms with Gasteiger partial charge in [0.1, 0.15) is 5.75 Å². The second-order valence-corrected chi connectivity index (χ2v) is 4.51. The Kier molecular flexibility index (Phi) is 4.31. The van der Waals surface area contributed by atoms with Crippen molar-refractivity contribution in [1.29, 1.82) is 0 Å². The van der Waals surface area contributed by atoms with E-state index in [2.05, 4.69) is 10.1 Å². The van der Waals surface area contributed by atoms with E-state index in [0.29, 0.717) is 18.7 Å². The third-order valence-corrected chi connectivity index (χ3v) is 2.96. The number of carbonyl (C=O) groups is 1. The summed E-state index contributed by atoms with van der Waals surface area (Å²) in [7, 11) is 0. The van der Waals surface area contributed by atoms with Crippen molar-refractivity contribution in [2.45, 2.75) is 19.6 Å². The second kappa shape index (κ2) is 5.97. The Morgan fingerprint density at radius 3 is 3.00 bits per heavy atom. The minimum Gasteiger partial charge on any atom is -0.435 e. The summed E-state index contributed by atoms with van der Waals surface area (Å²) in [4.78, 5) is 13.9. The zero-order valence-corrected chi connectivity index (χ0v) is 10.6. The SMILES string of the molecule is C[C@H]1CN(C(=O)c2cccc(OC(F)F)c2)CCN1. The third-order valence-electron chi connectivity index (χ3n) is 2.96. The summed E-state index contributed by atoms with van der Waals surface area (Å²) >= 11 is 0. The fourth-order valence-electron chi connectivity index (χ4n) is 2.10. The molecule has 1 amide bonds. The van der Waals surface area contributed by atoms with E-state index in [-0.39, 0.29) is 17.7 Å². The molecule has 104 valence electrons. The van der Waals surface area contributed by atoms with Crippen LogP contribution in [-0.4, -0.2) is 43.1 Å². The summed E-state index contributed by atoms with van der Waals surface area (Å²) in [6.45, 7) is 1.07. The van der Waals surface area contributed by atoms with E-state index in [9.17, 15) is 13.6 Å². The quantitative estimate of drug-likeness (QED) is 0.909. The molecule has 1 fully saturated rings. The maximum atomic E-state index is 12.2. The van der Waals surface area contributed by atoms with Crippen LogP contribution in [0.3, 0.4) is 0 Å². The van der Waals surface area contributed by atoms with Crippen molar-refractivity contribution in [1.82, 2.24) is 10.2 Å². The van der Waals surface area contributed by atoms with Crippen LogP contribution in [0.4, 0.5) is 8.78 Å². The molecule has 1 N–H and O–H groups in total. The number of rotatable bonds is 3. The first kappa shape index (κ1) is 13.7. The number of nitrogens with zero attached hydrogens (tertiary/aromatic N) is 1. The minimum absolute atomic E-state index is 0.00373. The van der Waals surface area contributed by atoms with Gasteiger partial charge in [-0.15, -0.1) is 0 Å². The summed E-state index contributed by atoms with van der Waals surface area (Å²) < 4.78 is 28.6. The molecule has 19 heavy (non-hydrogen) atoms. The third kappa shape index (κ3) is 3.64. The Hall–Kier alpha value is -1.69. The van der Waals surface area contributed by atoms with Crippen molar-refractivity contribution in [2.24, 2.45) is 0 Å². The molecular weight excluding hydrogens is 254 g/mol. The molecule has 6 heteroatoms. The van der Waals surface area contributed by atoms with Gasteiger partial charge in [0.25, 0.3) is 5.91 Å². The van der Waals surface area contributed by atoms with Crippen LogP contribution in [-0.2, 0) is 0 Å². The highest BCUT2D eigenvalue weighted by molar-refractivity contribution is 5.94. The Labute approximate surface area is 110 Å². The fraction of sp³-hybridized carbons (Fsp3) is 0.462. The number of alkyl halides is 2. The van der Waals surface area contributed by atoms with E-state index in [0.717, 1.165) is 6.54 Å². The molecule has 1 aliphatic heterocycles. The summed E-state index contributed by atoms with van der Waals surface area (Å²) in [6.07, 6.45) is 0. The van der Waals surface area contributed by atoms with Crippen molar-refractivity contribution in [2.75, 3.05) is 19.6 Å². The predicted molar refractivity (Wildman–Crippen MR) is 66.4 cm³/mol. The zero-order valence-electron chi connectivity index (χ0n) is 10.6. The first-order valence-corrected chi connectivity index (χ1v) is 6.14. The molecule has 4 nitrogen and oxygen atoms in total. The number of halogens is 2. The Bertz CT molecular complexity index is 454. The Balaban J connectivity index is 2.10. The normalized spacial score (nSPS) is 19.6. The fourth-order valence-corrected chi connectivity index (χ4v) is 2.10. The zero-order chi connectivity index (χ0) is 13.8. The molecule has 1 heterocycles. The highest BCUT2D eigenvalue weighted by atomic mass is 19.3. The summed E-state index contributed by atoms with van der Waals surface area (Å²) in [5.41, 5.74) is 0.368. The lowest BCUT2D eigenvalue weighted by Crippen LogP contribution is -2.51. The van der Waals surface area contributed by atoms with Gasteiger partial charge in [-0.05, 0) is 25.1 Å². The molecule has 0 unspecified atom stereocenters. The number of benzene rings is 1. The van der Waals surface area contributed by atoms with Gasteiger partial charge in [0.05, 0.1) is 0 Å². The number of amides is 1. The van der Waals surface area contributed by atoms with Crippen LogP contribution in [0.5, 0.6) is 5.75 Å². The van der Waals surface area contributed by atoms with Gasteiger partial charge in [-0.3, -0.25) is 4.79 Å². The molecule has 0 saturated carbocycles. The second-order valence-electron chi connectivity index (χ2n) is 4.51. The number of nitrogens with one attached hydrogen (secondary N) is 1. The van der Waals surface area contributed by atoms with Crippen LogP contribution in [0.25, 0.3) is 0 Å². The largest absolute Gasteiger partial charge is 0.435 e. The minimum atomic E-state index is -2.88. The van der Waals surface area contributed by atoms with Crippen LogP contribution in [0, 0.1) is 0 Å². The smallest absolute Gasteiger partial charge is 0.387 e. The van der Waals surface area contributed by atoms with E-state index < -0.39 is 6.61 Å². The monoisotopic (exact) mass is 270 g/mol. The van der Waals surface area contributed by atoms with Crippen molar-refractivity contribution in [3.05, 3.63) is 29.8 Å². The first-order valence-electron chi connectivity index (χ1n) is 6.14. The van der Waals surface area contributed by atoms with Crippen molar-refractivity contribution >= 4 is 5.91 Å². The molecule has 0 bridgehead atoms. The molecule has 0 aliphatic carbocycles. The van der Waals surface area contributed by atoms with Gasteiger partial charge in [0.15, 0.2) is 0 Å². The number of hydrogen-bond donors (Lipinski definition) is 1. The molecule has 1 aromatic carbocycles. The number of piperazine rings is 1. The Morgan fingerprint density at radius 1 is 1.53 bits per heavy atom. The lowest BCUT2D eigenvalue weighted by Gasteiger charge is -2.32. The van der Waals surface area contributed by atoms with Gasteiger partial charge in [0, 0.05) is 31.2 Å². The molecule has 0 radical (unpaired) electrons. The van der Waals surface area contributed by atoms with Crippen LogP contribution in [0.2, 0.25) is 0 Å². The number of carbonyl (C=O) groups excluding carboxylic acids is 1. The predicted octanol–water partition coefficient (Wildman–Crippen LogP) is 1.72. The molecule has 1 aliphatic rings. The average molecular weight is 270 g/mol. The number of ether oxygens (including phenoxy) is 1. The molecule has 1 saturated heterocycles. The lowest BCUT2D eigenvalue weighted by molar-refractivity contribution is -0.0499. The van der Waals surface area contributed by atoms with Crippen LogP contribution < -0.4 is 10.1 Å². The highest BCUT2D eigenvalue weighted by Gasteiger charge is 2.22. The van der Waals surface area contributed by atoms with Gasteiger partial charge in [0.2, 0.25) is 0 Å². The van der Waals surface area contributed by atoms with Crippen molar-refractivity contribution in [3.8, 4) is 5.75 Å². The molecule has 0 spiro atoms. The van der Waals surface area contributed by atoms with Crippen LogP contribution in [0.1, 0.15) is 17.3 Å². The highest BCUT2D eigenvalue weighted by Crippen LogP contribution is 2.17. The molecule has 1 aromatic rings. The maximum absolute atomic E-state index is 12.2. The van der Waals surface area contributed by atoms with Crippen molar-refractivity contribution in [3.63, 3.8) is 0 Å². The number of hydrogen-bond acceptors (Lipinski definition) is 3. The summed E-state index contributed by atoms with van der Waals surface area (Å²) in [5.74, 6) is -0.155. The summed E-state index contributed by atoms with van der Waals surface area (Å²) in [6, 6.07) is 6.13. The topological polar surface area (TPSA) is 41.6 Å².